The normalized spacial score (nSPS) is 18.9. The number of hydrogen-bond acceptors (Lipinski definition) is 3. The predicted octanol–water partition coefficient (Wildman–Crippen LogP) is 1.61. The second kappa shape index (κ2) is 2.97. The molecule has 1 aliphatic heterocycles. The van der Waals surface area contributed by atoms with Gasteiger partial charge in [-0.15, -0.1) is 0 Å². The standard InChI is InChI=1S/C10H13N3O/c1-10(2)5-9(14)12-8-6-11-4-3-7(8)13-10/h3-4,6,13H,5H2,1-2H3,(H,12,14). The zero-order valence-corrected chi connectivity index (χ0v) is 8.29. The number of hydrogen-bond donors (Lipinski definition) is 2. The molecule has 0 aromatic carbocycles. The number of pyridine rings is 1. The molecule has 0 saturated heterocycles. The summed E-state index contributed by atoms with van der Waals surface area (Å²) in [5.74, 6) is 0.0225. The van der Waals surface area contributed by atoms with Crippen molar-refractivity contribution in [3.05, 3.63) is 18.5 Å². The van der Waals surface area contributed by atoms with E-state index in [1.165, 1.54) is 0 Å². The summed E-state index contributed by atoms with van der Waals surface area (Å²) in [4.78, 5) is 15.4. The van der Waals surface area contributed by atoms with E-state index >= 15 is 0 Å². The summed E-state index contributed by atoms with van der Waals surface area (Å²) in [7, 11) is 0. The van der Waals surface area contributed by atoms with E-state index in [1.807, 2.05) is 19.9 Å². The molecule has 2 N–H and O–H groups in total. The SMILES string of the molecule is CC1(C)CC(=O)Nc2cnccc2N1. The van der Waals surface area contributed by atoms with E-state index in [2.05, 4.69) is 15.6 Å². The minimum Gasteiger partial charge on any atom is -0.378 e. The summed E-state index contributed by atoms with van der Waals surface area (Å²) in [5.41, 5.74) is 1.47. The molecule has 0 radical (unpaired) electrons. The zero-order valence-electron chi connectivity index (χ0n) is 8.29. The van der Waals surface area contributed by atoms with Crippen LogP contribution < -0.4 is 10.6 Å². The van der Waals surface area contributed by atoms with Gasteiger partial charge in [0.2, 0.25) is 5.91 Å². The lowest BCUT2D eigenvalue weighted by Gasteiger charge is -2.23. The number of rotatable bonds is 0. The minimum atomic E-state index is -0.212. The van der Waals surface area contributed by atoms with Gasteiger partial charge in [-0.2, -0.15) is 0 Å². The Morgan fingerprint density at radius 2 is 2.21 bits per heavy atom. The third-order valence-electron chi connectivity index (χ3n) is 2.17. The summed E-state index contributed by atoms with van der Waals surface area (Å²) in [6.07, 6.45) is 3.82. The van der Waals surface area contributed by atoms with Crippen LogP contribution in [0.2, 0.25) is 0 Å². The molecule has 1 amide bonds. The molecule has 1 aromatic rings. The molecule has 0 atom stereocenters. The van der Waals surface area contributed by atoms with Crippen molar-refractivity contribution >= 4 is 17.3 Å². The lowest BCUT2D eigenvalue weighted by molar-refractivity contribution is -0.116. The molecule has 4 heteroatoms. The Bertz CT molecular complexity index is 373. The first kappa shape index (κ1) is 8.99. The number of aromatic nitrogens is 1. The van der Waals surface area contributed by atoms with E-state index < -0.39 is 0 Å². The molecule has 0 fully saturated rings. The van der Waals surface area contributed by atoms with Gasteiger partial charge in [0.25, 0.3) is 0 Å². The maximum absolute atomic E-state index is 11.5. The molecule has 0 aliphatic carbocycles. The van der Waals surface area contributed by atoms with E-state index in [1.54, 1.807) is 12.4 Å². The van der Waals surface area contributed by atoms with E-state index in [4.69, 9.17) is 0 Å². The zero-order chi connectivity index (χ0) is 10.2. The van der Waals surface area contributed by atoms with Gasteiger partial charge in [0, 0.05) is 18.2 Å². The van der Waals surface area contributed by atoms with Gasteiger partial charge in [-0.05, 0) is 19.9 Å². The average Bonchev–Trinajstić information content (AvgIpc) is 2.16. The molecule has 2 rings (SSSR count). The van der Waals surface area contributed by atoms with Gasteiger partial charge in [-0.25, -0.2) is 0 Å². The minimum absolute atomic E-state index is 0.0225. The van der Waals surface area contributed by atoms with Crippen LogP contribution in [0.4, 0.5) is 11.4 Å². The van der Waals surface area contributed by atoms with Gasteiger partial charge in [-0.1, -0.05) is 0 Å². The predicted molar refractivity (Wildman–Crippen MR) is 55.2 cm³/mol. The van der Waals surface area contributed by atoms with E-state index in [-0.39, 0.29) is 11.4 Å². The Labute approximate surface area is 82.7 Å². The van der Waals surface area contributed by atoms with Crippen LogP contribution >= 0.6 is 0 Å². The number of carbonyl (C=O) groups excluding carboxylic acids is 1. The molecule has 0 unspecified atom stereocenters. The van der Waals surface area contributed by atoms with Crippen molar-refractivity contribution in [2.24, 2.45) is 0 Å². The van der Waals surface area contributed by atoms with Crippen LogP contribution in [-0.2, 0) is 4.79 Å². The first-order valence-corrected chi connectivity index (χ1v) is 4.59. The molecule has 1 aromatic heterocycles. The summed E-state index contributed by atoms with van der Waals surface area (Å²) >= 11 is 0. The van der Waals surface area contributed by atoms with Crippen molar-refractivity contribution < 1.29 is 4.79 Å². The van der Waals surface area contributed by atoms with Crippen molar-refractivity contribution in [2.75, 3.05) is 10.6 Å². The van der Waals surface area contributed by atoms with Crippen LogP contribution in [0, 0.1) is 0 Å². The van der Waals surface area contributed by atoms with Gasteiger partial charge < -0.3 is 10.6 Å². The van der Waals surface area contributed by atoms with E-state index in [0.717, 1.165) is 11.4 Å². The first-order valence-electron chi connectivity index (χ1n) is 4.59. The Morgan fingerprint density at radius 1 is 1.43 bits per heavy atom. The molecule has 74 valence electrons. The average molecular weight is 191 g/mol. The molecule has 0 bridgehead atoms. The lowest BCUT2D eigenvalue weighted by atomic mass is 10.0. The molecule has 1 aliphatic rings. The maximum atomic E-state index is 11.5. The molecular weight excluding hydrogens is 178 g/mol. The Hall–Kier alpha value is -1.58. The van der Waals surface area contributed by atoms with Crippen LogP contribution in [0.15, 0.2) is 18.5 Å². The fourth-order valence-corrected chi connectivity index (χ4v) is 1.61. The number of fused-ring (bicyclic) bond motifs is 1. The Kier molecular flexibility index (Phi) is 1.91. The Balaban J connectivity index is 2.42. The van der Waals surface area contributed by atoms with Gasteiger partial charge >= 0.3 is 0 Å². The highest BCUT2D eigenvalue weighted by Crippen LogP contribution is 2.28. The van der Waals surface area contributed by atoms with Crippen molar-refractivity contribution in [3.8, 4) is 0 Å². The lowest BCUT2D eigenvalue weighted by Crippen LogP contribution is -2.32. The number of nitrogens with one attached hydrogen (secondary N) is 2. The highest BCUT2D eigenvalue weighted by atomic mass is 16.1. The number of anilines is 2. The smallest absolute Gasteiger partial charge is 0.226 e. The Morgan fingerprint density at radius 3 is 3.00 bits per heavy atom. The van der Waals surface area contributed by atoms with E-state index in [9.17, 15) is 4.79 Å². The van der Waals surface area contributed by atoms with Gasteiger partial charge in [0.05, 0.1) is 17.6 Å². The van der Waals surface area contributed by atoms with Gasteiger partial charge in [0.15, 0.2) is 0 Å². The van der Waals surface area contributed by atoms with Crippen LogP contribution in [0.3, 0.4) is 0 Å². The van der Waals surface area contributed by atoms with Gasteiger partial charge in [0.1, 0.15) is 0 Å². The molecule has 4 nitrogen and oxygen atoms in total. The summed E-state index contributed by atoms with van der Waals surface area (Å²) in [6, 6.07) is 1.86. The van der Waals surface area contributed by atoms with Crippen LogP contribution in [0.5, 0.6) is 0 Å². The molecule has 14 heavy (non-hydrogen) atoms. The number of amides is 1. The first-order chi connectivity index (χ1) is 6.57. The van der Waals surface area contributed by atoms with Crippen molar-refractivity contribution in [1.82, 2.24) is 4.98 Å². The highest BCUT2D eigenvalue weighted by molar-refractivity contribution is 5.96. The summed E-state index contributed by atoms with van der Waals surface area (Å²) in [6.45, 7) is 4.00. The van der Waals surface area contributed by atoms with Crippen LogP contribution in [-0.4, -0.2) is 16.4 Å². The molecular formula is C10H13N3O. The maximum Gasteiger partial charge on any atom is 0.226 e. The van der Waals surface area contributed by atoms with Crippen LogP contribution in [0.25, 0.3) is 0 Å². The van der Waals surface area contributed by atoms with Crippen molar-refractivity contribution in [3.63, 3.8) is 0 Å². The fraction of sp³-hybridized carbons (Fsp3) is 0.400. The van der Waals surface area contributed by atoms with Gasteiger partial charge in [-0.3, -0.25) is 9.78 Å². The molecule has 0 spiro atoms. The monoisotopic (exact) mass is 191 g/mol. The third-order valence-corrected chi connectivity index (χ3v) is 2.17. The summed E-state index contributed by atoms with van der Waals surface area (Å²) in [5, 5.41) is 6.12. The number of carbonyl (C=O) groups is 1. The number of nitrogens with zero attached hydrogens (tertiary/aromatic N) is 1. The third kappa shape index (κ3) is 1.69. The molecule has 2 heterocycles. The molecule has 0 saturated carbocycles. The fourth-order valence-electron chi connectivity index (χ4n) is 1.61. The van der Waals surface area contributed by atoms with Crippen molar-refractivity contribution in [1.29, 1.82) is 0 Å². The second-order valence-electron chi connectivity index (χ2n) is 4.16. The van der Waals surface area contributed by atoms with E-state index in [0.29, 0.717) is 6.42 Å². The second-order valence-corrected chi connectivity index (χ2v) is 4.16. The van der Waals surface area contributed by atoms with Crippen LogP contribution in [0.1, 0.15) is 20.3 Å². The van der Waals surface area contributed by atoms with Crippen molar-refractivity contribution in [2.45, 2.75) is 25.8 Å². The largest absolute Gasteiger partial charge is 0.378 e. The topological polar surface area (TPSA) is 54.0 Å². The quantitative estimate of drug-likeness (QED) is 0.655. The summed E-state index contributed by atoms with van der Waals surface area (Å²) < 4.78 is 0. The highest BCUT2D eigenvalue weighted by Gasteiger charge is 2.26.